The van der Waals surface area contributed by atoms with E-state index in [0.717, 1.165) is 16.9 Å². The van der Waals surface area contributed by atoms with Crippen molar-refractivity contribution in [2.45, 2.75) is 13.2 Å². The molecule has 0 fully saturated rings. The Labute approximate surface area is 123 Å². The third-order valence-corrected chi connectivity index (χ3v) is 3.14. The molecule has 0 unspecified atom stereocenters. The van der Waals surface area contributed by atoms with Crippen molar-refractivity contribution in [2.24, 2.45) is 0 Å². The molecule has 0 aliphatic heterocycles. The van der Waals surface area contributed by atoms with Gasteiger partial charge in [0.2, 0.25) is 0 Å². The third kappa shape index (κ3) is 3.74. The number of halogens is 1. The van der Waals surface area contributed by atoms with E-state index in [9.17, 15) is 0 Å². The predicted molar refractivity (Wildman–Crippen MR) is 77.7 cm³/mol. The number of nitrogens with zero attached hydrogens (tertiary/aromatic N) is 1. The second kappa shape index (κ2) is 6.95. The van der Waals surface area contributed by atoms with Crippen LogP contribution in [-0.4, -0.2) is 7.11 Å². The zero-order valence-electron chi connectivity index (χ0n) is 11.1. The van der Waals surface area contributed by atoms with Gasteiger partial charge in [0.15, 0.2) is 0 Å². The van der Waals surface area contributed by atoms with Crippen LogP contribution in [0.2, 0.25) is 5.02 Å². The molecular formula is C16H14ClNO2. The highest BCUT2D eigenvalue weighted by atomic mass is 35.5. The molecule has 2 aromatic carbocycles. The van der Waals surface area contributed by atoms with Crippen LogP contribution in [-0.2, 0) is 18.0 Å². The molecule has 0 radical (unpaired) electrons. The monoisotopic (exact) mass is 287 g/mol. The molecule has 0 spiro atoms. The molecule has 2 rings (SSSR count). The highest BCUT2D eigenvalue weighted by Gasteiger charge is 2.03. The second-order valence-corrected chi connectivity index (χ2v) is 4.69. The molecular weight excluding hydrogens is 274 g/mol. The van der Waals surface area contributed by atoms with Crippen molar-refractivity contribution in [1.82, 2.24) is 0 Å². The molecule has 0 aliphatic rings. The van der Waals surface area contributed by atoms with Crippen molar-refractivity contribution in [3.05, 3.63) is 64.2 Å². The first-order valence-corrected chi connectivity index (χ1v) is 6.50. The lowest BCUT2D eigenvalue weighted by molar-refractivity contribution is 0.184. The van der Waals surface area contributed by atoms with Crippen molar-refractivity contribution in [2.75, 3.05) is 7.11 Å². The van der Waals surface area contributed by atoms with Gasteiger partial charge in [-0.25, -0.2) is 0 Å². The summed E-state index contributed by atoms with van der Waals surface area (Å²) in [4.78, 5) is 0. The molecule has 0 N–H and O–H groups in total. The van der Waals surface area contributed by atoms with Crippen LogP contribution in [0.25, 0.3) is 0 Å². The maximum absolute atomic E-state index is 8.79. The number of nitriles is 1. The van der Waals surface area contributed by atoms with E-state index in [4.69, 9.17) is 26.3 Å². The summed E-state index contributed by atoms with van der Waals surface area (Å²) >= 11 is 6.10. The van der Waals surface area contributed by atoms with Gasteiger partial charge in [-0.1, -0.05) is 29.8 Å². The topological polar surface area (TPSA) is 42.2 Å². The minimum atomic E-state index is 0.362. The number of ether oxygens (including phenoxy) is 2. The van der Waals surface area contributed by atoms with Crippen LogP contribution >= 0.6 is 11.6 Å². The number of hydrogen-bond acceptors (Lipinski definition) is 3. The Morgan fingerprint density at radius 1 is 1.15 bits per heavy atom. The summed E-state index contributed by atoms with van der Waals surface area (Å²) in [5.74, 6) is 0.764. The fourth-order valence-electron chi connectivity index (χ4n) is 1.79. The highest BCUT2D eigenvalue weighted by Crippen LogP contribution is 2.21. The van der Waals surface area contributed by atoms with Crippen molar-refractivity contribution >= 4 is 11.6 Å². The van der Waals surface area contributed by atoms with Gasteiger partial charge < -0.3 is 9.47 Å². The fourth-order valence-corrected chi connectivity index (χ4v) is 2.02. The number of benzene rings is 2. The molecule has 0 aliphatic carbocycles. The first-order chi connectivity index (χ1) is 9.72. The Hall–Kier alpha value is -2.02. The molecule has 20 heavy (non-hydrogen) atoms. The molecule has 3 nitrogen and oxygen atoms in total. The first kappa shape index (κ1) is 14.4. The van der Waals surface area contributed by atoms with Gasteiger partial charge >= 0.3 is 0 Å². The van der Waals surface area contributed by atoms with Crippen LogP contribution in [0.15, 0.2) is 42.5 Å². The van der Waals surface area contributed by atoms with Gasteiger partial charge in [-0.15, -0.1) is 0 Å². The van der Waals surface area contributed by atoms with E-state index in [1.165, 1.54) is 0 Å². The fraction of sp³-hybridized carbons (Fsp3) is 0.188. The Bertz CT molecular complexity index is 635. The number of rotatable bonds is 5. The van der Waals surface area contributed by atoms with Crippen molar-refractivity contribution in [3.63, 3.8) is 0 Å². The normalized spacial score (nSPS) is 10.1. The average molecular weight is 288 g/mol. The summed E-state index contributed by atoms with van der Waals surface area (Å²) in [5, 5.41) is 9.33. The quantitative estimate of drug-likeness (QED) is 0.836. The molecule has 2 aromatic rings. The SMILES string of the molecule is COCc1cccc(OCc2ccc(C#N)cc2Cl)c1. The van der Waals surface area contributed by atoms with E-state index < -0.39 is 0 Å². The van der Waals surface area contributed by atoms with E-state index in [2.05, 4.69) is 6.07 Å². The van der Waals surface area contributed by atoms with Crippen LogP contribution in [0.3, 0.4) is 0 Å². The summed E-state index contributed by atoms with van der Waals surface area (Å²) in [6.07, 6.45) is 0. The zero-order valence-corrected chi connectivity index (χ0v) is 11.9. The van der Waals surface area contributed by atoms with Crippen LogP contribution in [0.1, 0.15) is 16.7 Å². The Balaban J connectivity index is 2.05. The van der Waals surface area contributed by atoms with Crippen molar-refractivity contribution in [3.8, 4) is 11.8 Å². The Kier molecular flexibility index (Phi) is 5.00. The Morgan fingerprint density at radius 2 is 2.00 bits per heavy atom. The first-order valence-electron chi connectivity index (χ1n) is 6.12. The maximum atomic E-state index is 8.79. The summed E-state index contributed by atoms with van der Waals surface area (Å²) in [6, 6.07) is 14.9. The summed E-state index contributed by atoms with van der Waals surface area (Å²) in [7, 11) is 1.66. The maximum Gasteiger partial charge on any atom is 0.120 e. The van der Waals surface area contributed by atoms with E-state index in [0.29, 0.717) is 23.8 Å². The highest BCUT2D eigenvalue weighted by molar-refractivity contribution is 6.31. The van der Waals surface area contributed by atoms with Crippen LogP contribution < -0.4 is 4.74 Å². The number of methoxy groups -OCH3 is 1. The largest absolute Gasteiger partial charge is 0.489 e. The van der Waals surface area contributed by atoms with Crippen LogP contribution in [0.4, 0.5) is 0 Å². The van der Waals surface area contributed by atoms with Crippen LogP contribution in [0.5, 0.6) is 5.75 Å². The smallest absolute Gasteiger partial charge is 0.120 e. The standard InChI is InChI=1S/C16H14ClNO2/c1-19-10-13-3-2-4-15(7-13)20-11-14-6-5-12(9-18)8-16(14)17/h2-8H,10-11H2,1H3. The van der Waals surface area contributed by atoms with Gasteiger partial charge in [0, 0.05) is 17.7 Å². The molecule has 0 aromatic heterocycles. The third-order valence-electron chi connectivity index (χ3n) is 2.79. The minimum absolute atomic E-state index is 0.362. The average Bonchev–Trinajstić information content (AvgIpc) is 2.46. The molecule has 0 atom stereocenters. The lowest BCUT2D eigenvalue weighted by Gasteiger charge is -2.09. The molecule has 0 heterocycles. The minimum Gasteiger partial charge on any atom is -0.489 e. The zero-order chi connectivity index (χ0) is 14.4. The van der Waals surface area contributed by atoms with Gasteiger partial charge in [0.1, 0.15) is 12.4 Å². The lowest BCUT2D eigenvalue weighted by Crippen LogP contribution is -1.97. The second-order valence-electron chi connectivity index (χ2n) is 4.29. The Morgan fingerprint density at radius 3 is 2.70 bits per heavy atom. The van der Waals surface area contributed by atoms with Gasteiger partial charge in [-0.3, -0.25) is 0 Å². The molecule has 102 valence electrons. The predicted octanol–water partition coefficient (Wildman–Crippen LogP) is 3.94. The van der Waals surface area contributed by atoms with Gasteiger partial charge in [0.25, 0.3) is 0 Å². The lowest BCUT2D eigenvalue weighted by atomic mass is 10.1. The van der Waals surface area contributed by atoms with E-state index in [1.807, 2.05) is 24.3 Å². The molecule has 0 saturated heterocycles. The van der Waals surface area contributed by atoms with E-state index in [1.54, 1.807) is 25.3 Å². The van der Waals surface area contributed by atoms with Crippen molar-refractivity contribution < 1.29 is 9.47 Å². The van der Waals surface area contributed by atoms with Crippen LogP contribution in [0, 0.1) is 11.3 Å². The molecule has 4 heteroatoms. The van der Waals surface area contributed by atoms with Gasteiger partial charge in [-0.2, -0.15) is 5.26 Å². The number of hydrogen-bond donors (Lipinski definition) is 0. The van der Waals surface area contributed by atoms with Gasteiger partial charge in [0.05, 0.1) is 18.2 Å². The van der Waals surface area contributed by atoms with Gasteiger partial charge in [-0.05, 0) is 29.8 Å². The van der Waals surface area contributed by atoms with E-state index >= 15 is 0 Å². The van der Waals surface area contributed by atoms with Crippen molar-refractivity contribution in [1.29, 1.82) is 5.26 Å². The van der Waals surface area contributed by atoms with E-state index in [-0.39, 0.29) is 0 Å². The molecule has 0 saturated carbocycles. The summed E-state index contributed by atoms with van der Waals surface area (Å²) in [6.45, 7) is 0.912. The molecule has 0 amide bonds. The molecule has 0 bridgehead atoms. The summed E-state index contributed by atoms with van der Waals surface area (Å²) < 4.78 is 10.8. The summed E-state index contributed by atoms with van der Waals surface area (Å²) in [5.41, 5.74) is 2.44.